The van der Waals surface area contributed by atoms with Crippen LogP contribution in [0.2, 0.25) is 0 Å². The average Bonchev–Trinajstić information content (AvgIpc) is 3.13. The van der Waals surface area contributed by atoms with Crippen molar-refractivity contribution in [2.24, 2.45) is 5.73 Å². The van der Waals surface area contributed by atoms with Crippen LogP contribution < -0.4 is 10.5 Å². The number of carboxylic acid groups (broad SMARTS) is 1. The molecule has 2 aliphatic heterocycles. The van der Waals surface area contributed by atoms with Crippen LogP contribution in [0.15, 0.2) is 42.5 Å². The lowest BCUT2D eigenvalue weighted by Gasteiger charge is -2.33. The maximum Gasteiger partial charge on any atom is 0.303 e. The zero-order chi connectivity index (χ0) is 28.3. The molecule has 210 valence electrons. The molecule has 0 saturated carbocycles. The van der Waals surface area contributed by atoms with Gasteiger partial charge < -0.3 is 20.5 Å². The highest BCUT2D eigenvalue weighted by Gasteiger charge is 2.42. The molecule has 0 bridgehead atoms. The number of nitrogens with zero attached hydrogens (tertiary/aromatic N) is 3. The predicted molar refractivity (Wildman–Crippen MR) is 143 cm³/mol. The third-order valence-electron chi connectivity index (χ3n) is 7.29. The topological polar surface area (TPSA) is 151 Å². The fraction of sp³-hybridized carbons (Fsp3) is 0.444. The Balaban J connectivity index is 1.39. The number of amides is 2. The number of aliphatic carboxylic acids is 1. The number of ether oxygens (including phenoxy) is 1. The van der Waals surface area contributed by atoms with Gasteiger partial charge in [0.25, 0.3) is 5.91 Å². The Morgan fingerprint density at radius 3 is 2.31 bits per heavy atom. The number of nitrogens with two attached hydrogens (primary N) is 1. The maximum absolute atomic E-state index is 13.4. The van der Waals surface area contributed by atoms with Gasteiger partial charge in [-0.15, -0.1) is 0 Å². The molecule has 2 unspecified atom stereocenters. The number of carboxylic acids is 1. The first-order valence-corrected chi connectivity index (χ1v) is 14.7. The summed E-state index contributed by atoms with van der Waals surface area (Å²) in [5.74, 6) is -1.83. The van der Waals surface area contributed by atoms with Gasteiger partial charge in [0.1, 0.15) is 18.4 Å². The molecule has 12 heteroatoms. The molecule has 1 saturated heterocycles. The quantitative estimate of drug-likeness (QED) is 0.422. The Hall–Kier alpha value is -3.48. The predicted octanol–water partition coefficient (Wildman–Crippen LogP) is 1.58. The fourth-order valence-electron chi connectivity index (χ4n) is 5.17. The molecule has 2 aromatic carbocycles. The van der Waals surface area contributed by atoms with Crippen LogP contribution in [-0.2, 0) is 32.8 Å². The summed E-state index contributed by atoms with van der Waals surface area (Å²) in [6.07, 6.45) is 0.890. The largest absolute Gasteiger partial charge is 0.488 e. The Labute approximate surface area is 228 Å². The van der Waals surface area contributed by atoms with Gasteiger partial charge in [0, 0.05) is 39.1 Å². The highest BCUT2D eigenvalue weighted by atomic mass is 32.2. The first kappa shape index (κ1) is 28.5. The molecular formula is C27H34N4O7S. The molecule has 0 aliphatic carbocycles. The van der Waals surface area contributed by atoms with E-state index in [2.05, 4.69) is 4.90 Å². The van der Waals surface area contributed by atoms with Crippen molar-refractivity contribution in [1.29, 1.82) is 0 Å². The molecule has 1 fully saturated rings. The SMILES string of the molecule is CC1c2cccc(OCc3ccc(CN4CCN(S(C)(=O)=O)CC4)cc3)c2C(=O)N1C(CCC(=O)O)C(N)=O. The summed E-state index contributed by atoms with van der Waals surface area (Å²) >= 11 is 0. The van der Waals surface area contributed by atoms with Crippen LogP contribution in [0.25, 0.3) is 0 Å². The first-order valence-electron chi connectivity index (χ1n) is 12.8. The van der Waals surface area contributed by atoms with Crippen molar-refractivity contribution in [3.05, 3.63) is 64.7 Å². The molecule has 0 radical (unpaired) electrons. The van der Waals surface area contributed by atoms with E-state index in [9.17, 15) is 22.8 Å². The van der Waals surface area contributed by atoms with Gasteiger partial charge in [-0.05, 0) is 36.1 Å². The minimum atomic E-state index is -3.16. The molecule has 2 aliphatic rings. The summed E-state index contributed by atoms with van der Waals surface area (Å²) < 4.78 is 31.0. The van der Waals surface area contributed by atoms with Crippen LogP contribution in [0.1, 0.15) is 52.9 Å². The van der Waals surface area contributed by atoms with Crippen LogP contribution in [0, 0.1) is 0 Å². The Kier molecular flexibility index (Phi) is 8.57. The smallest absolute Gasteiger partial charge is 0.303 e. The highest BCUT2D eigenvalue weighted by molar-refractivity contribution is 7.88. The molecule has 3 N–H and O–H groups in total. The van der Waals surface area contributed by atoms with E-state index in [1.54, 1.807) is 25.1 Å². The van der Waals surface area contributed by atoms with Crippen molar-refractivity contribution in [2.45, 2.75) is 45.0 Å². The van der Waals surface area contributed by atoms with Crippen LogP contribution in [-0.4, -0.2) is 83.9 Å². The molecule has 4 rings (SSSR count). The second-order valence-electron chi connectivity index (χ2n) is 10.0. The number of rotatable bonds is 11. The van der Waals surface area contributed by atoms with E-state index in [-0.39, 0.29) is 19.4 Å². The number of hydrogen-bond acceptors (Lipinski definition) is 7. The van der Waals surface area contributed by atoms with Gasteiger partial charge in [-0.3, -0.25) is 19.3 Å². The van der Waals surface area contributed by atoms with E-state index in [1.807, 2.05) is 24.3 Å². The summed E-state index contributed by atoms with van der Waals surface area (Å²) in [5, 5.41) is 9.05. The molecular weight excluding hydrogens is 524 g/mol. The number of hydrogen-bond donors (Lipinski definition) is 2. The molecule has 2 heterocycles. The lowest BCUT2D eigenvalue weighted by atomic mass is 10.0. The van der Waals surface area contributed by atoms with E-state index in [1.165, 1.54) is 15.5 Å². The van der Waals surface area contributed by atoms with Gasteiger partial charge in [0.2, 0.25) is 15.9 Å². The zero-order valence-electron chi connectivity index (χ0n) is 22.1. The molecule has 2 atom stereocenters. The van der Waals surface area contributed by atoms with Crippen molar-refractivity contribution in [3.63, 3.8) is 0 Å². The number of fused-ring (bicyclic) bond motifs is 1. The van der Waals surface area contributed by atoms with Gasteiger partial charge in [0.15, 0.2) is 0 Å². The Morgan fingerprint density at radius 2 is 1.72 bits per heavy atom. The minimum absolute atomic E-state index is 0.0648. The van der Waals surface area contributed by atoms with Gasteiger partial charge in [0.05, 0.1) is 17.9 Å². The number of carbonyl (C=O) groups is 3. The van der Waals surface area contributed by atoms with E-state index >= 15 is 0 Å². The van der Waals surface area contributed by atoms with Crippen LogP contribution >= 0.6 is 0 Å². The summed E-state index contributed by atoms with van der Waals surface area (Å²) in [4.78, 5) is 40.1. The van der Waals surface area contributed by atoms with Crippen LogP contribution in [0.3, 0.4) is 0 Å². The molecule has 11 nitrogen and oxygen atoms in total. The van der Waals surface area contributed by atoms with E-state index < -0.39 is 39.9 Å². The van der Waals surface area contributed by atoms with Gasteiger partial charge >= 0.3 is 5.97 Å². The molecule has 2 amide bonds. The van der Waals surface area contributed by atoms with Crippen molar-refractivity contribution < 1.29 is 32.6 Å². The second-order valence-corrected chi connectivity index (χ2v) is 12.0. The number of piperazine rings is 1. The van der Waals surface area contributed by atoms with Crippen LogP contribution in [0.4, 0.5) is 0 Å². The van der Waals surface area contributed by atoms with Gasteiger partial charge in [-0.25, -0.2) is 8.42 Å². The summed E-state index contributed by atoms with van der Waals surface area (Å²) in [5.41, 5.74) is 8.61. The number of benzene rings is 2. The van der Waals surface area contributed by atoms with Crippen molar-refractivity contribution >= 4 is 27.8 Å². The standard InChI is InChI=1S/C27H34N4O7S/c1-18-21-4-3-5-23(25(21)27(35)31(18)22(26(28)34)10-11-24(32)33)38-17-20-8-6-19(7-9-20)16-29-12-14-30(15-13-29)39(2,36)37/h3-9,18,22H,10-17H2,1-2H3,(H2,28,34)(H,32,33). The summed E-state index contributed by atoms with van der Waals surface area (Å²) in [6, 6.07) is 11.7. The van der Waals surface area contributed by atoms with Crippen molar-refractivity contribution in [3.8, 4) is 5.75 Å². The van der Waals surface area contributed by atoms with Crippen molar-refractivity contribution in [2.75, 3.05) is 32.4 Å². The Bertz CT molecular complexity index is 1340. The highest BCUT2D eigenvalue weighted by Crippen LogP contribution is 2.40. The lowest BCUT2D eigenvalue weighted by Crippen LogP contribution is -2.47. The maximum atomic E-state index is 13.4. The van der Waals surface area contributed by atoms with E-state index in [0.717, 1.165) is 17.7 Å². The monoisotopic (exact) mass is 558 g/mol. The zero-order valence-corrected chi connectivity index (χ0v) is 22.9. The summed E-state index contributed by atoms with van der Waals surface area (Å²) in [7, 11) is -3.16. The third kappa shape index (κ3) is 6.57. The summed E-state index contributed by atoms with van der Waals surface area (Å²) in [6.45, 7) is 5.05. The molecule has 39 heavy (non-hydrogen) atoms. The number of sulfonamides is 1. The van der Waals surface area contributed by atoms with E-state index in [0.29, 0.717) is 43.1 Å². The van der Waals surface area contributed by atoms with Gasteiger partial charge in [-0.2, -0.15) is 4.31 Å². The minimum Gasteiger partial charge on any atom is -0.488 e. The second kappa shape index (κ2) is 11.7. The third-order valence-corrected chi connectivity index (χ3v) is 8.60. The van der Waals surface area contributed by atoms with E-state index in [4.69, 9.17) is 15.6 Å². The van der Waals surface area contributed by atoms with Crippen LogP contribution in [0.5, 0.6) is 5.75 Å². The molecule has 0 spiro atoms. The molecule has 2 aromatic rings. The van der Waals surface area contributed by atoms with Crippen molar-refractivity contribution in [1.82, 2.24) is 14.1 Å². The lowest BCUT2D eigenvalue weighted by molar-refractivity contribution is -0.137. The number of carbonyl (C=O) groups excluding carboxylic acids is 2. The van der Waals surface area contributed by atoms with Gasteiger partial charge in [-0.1, -0.05) is 36.4 Å². The average molecular weight is 559 g/mol. The molecule has 0 aromatic heterocycles. The Morgan fingerprint density at radius 1 is 1.08 bits per heavy atom. The number of primary amides is 1. The normalized spacial score (nSPS) is 19.1. The first-order chi connectivity index (χ1) is 18.5. The fourth-order valence-corrected chi connectivity index (χ4v) is 6.00.